The quantitative estimate of drug-likeness (QED) is 0.299. The van der Waals surface area contributed by atoms with Gasteiger partial charge in [0.05, 0.1) is 17.8 Å². The minimum atomic E-state index is -0.437. The summed E-state index contributed by atoms with van der Waals surface area (Å²) in [5.74, 6) is 8.22. The normalized spacial score (nSPS) is 57.8. The number of epoxide rings is 1. The summed E-state index contributed by atoms with van der Waals surface area (Å²) in [5, 5.41) is 10.6. The van der Waals surface area contributed by atoms with Gasteiger partial charge in [0.25, 0.3) is 0 Å². The van der Waals surface area contributed by atoms with E-state index < -0.39 is 5.60 Å². The lowest BCUT2D eigenvalue weighted by molar-refractivity contribution is -0.150. The molecule has 0 aromatic carbocycles. The van der Waals surface area contributed by atoms with Crippen LogP contribution in [-0.4, -0.2) is 34.5 Å². The summed E-state index contributed by atoms with van der Waals surface area (Å²) >= 11 is 0. The van der Waals surface area contributed by atoms with Crippen molar-refractivity contribution in [2.75, 3.05) is 6.61 Å². The number of ketones is 2. The number of carbonyl (C=O) groups excluding carboxylic acids is 2. The molecule has 0 bridgehead atoms. The molecule has 4 nitrogen and oxygen atoms in total. The van der Waals surface area contributed by atoms with Crippen molar-refractivity contribution in [1.29, 1.82) is 0 Å². The van der Waals surface area contributed by atoms with Gasteiger partial charge in [-0.05, 0) is 205 Å². The van der Waals surface area contributed by atoms with Gasteiger partial charge in [0.1, 0.15) is 11.6 Å². The van der Waals surface area contributed by atoms with Gasteiger partial charge in [-0.1, -0.05) is 27.7 Å². The summed E-state index contributed by atoms with van der Waals surface area (Å²) in [6.07, 6.45) is 22.8. The highest BCUT2D eigenvalue weighted by Gasteiger charge is 2.64. The van der Waals surface area contributed by atoms with Gasteiger partial charge in [-0.2, -0.15) is 0 Å². The highest BCUT2D eigenvalue weighted by molar-refractivity contribution is 5.80. The first-order chi connectivity index (χ1) is 22.6. The highest BCUT2D eigenvalue weighted by atomic mass is 16.6. The molecule has 0 amide bonds. The van der Waals surface area contributed by atoms with Gasteiger partial charge >= 0.3 is 0 Å². The van der Waals surface area contributed by atoms with Crippen LogP contribution in [0.2, 0.25) is 0 Å². The Hall–Kier alpha value is -0.740. The number of Topliss-reactive ketones (excluding diaryl/α,β-unsaturated/α-hetero) is 2. The fourth-order valence-electron chi connectivity index (χ4n) is 16.4. The van der Waals surface area contributed by atoms with Crippen molar-refractivity contribution in [3.63, 3.8) is 0 Å². The van der Waals surface area contributed by atoms with Crippen molar-refractivity contribution in [2.45, 2.75) is 175 Å². The minimum Gasteiger partial charge on any atom is -0.390 e. The van der Waals surface area contributed by atoms with Crippen molar-refractivity contribution in [2.24, 2.45) is 80.8 Å². The van der Waals surface area contributed by atoms with Gasteiger partial charge in [-0.3, -0.25) is 9.59 Å². The van der Waals surface area contributed by atoms with Crippen LogP contribution in [0.3, 0.4) is 0 Å². The van der Waals surface area contributed by atoms with Crippen LogP contribution in [0.4, 0.5) is 0 Å². The van der Waals surface area contributed by atoms with Crippen LogP contribution in [0.5, 0.6) is 0 Å². The van der Waals surface area contributed by atoms with E-state index in [0.29, 0.717) is 51.2 Å². The largest absolute Gasteiger partial charge is 0.390 e. The molecule has 9 aliphatic rings. The predicted octanol–water partition coefficient (Wildman–Crippen LogP) is 9.99. The third-order valence-corrected chi connectivity index (χ3v) is 19.3. The van der Waals surface area contributed by atoms with Crippen molar-refractivity contribution < 1.29 is 19.4 Å². The van der Waals surface area contributed by atoms with E-state index in [1.807, 2.05) is 20.8 Å². The molecule has 9 rings (SSSR count). The molecule has 16 atom stereocenters. The van der Waals surface area contributed by atoms with Gasteiger partial charge in [0.15, 0.2) is 0 Å². The van der Waals surface area contributed by atoms with Gasteiger partial charge in [-0.25, -0.2) is 0 Å². The molecule has 1 N–H and O–H groups in total. The van der Waals surface area contributed by atoms with E-state index in [1.165, 1.54) is 89.9 Å². The molecule has 0 aromatic heterocycles. The summed E-state index contributed by atoms with van der Waals surface area (Å²) in [7, 11) is 0. The SMILES string of the molecule is CC(=O)[C@H]1CC[C@H]2[C@@H]3CCC4C[C@](C)(O)CC[C@]4(C)C3CC[C@]12C.CC(=O)[C@H]1CC[C@H]2[C@@H]3CCC4C[C@]5(CC[C@]4(C)C3CC[C@]12C)CO5. The molecular weight excluding hydrogens is 592 g/mol. The molecule has 48 heavy (non-hydrogen) atoms. The summed E-state index contributed by atoms with van der Waals surface area (Å²) in [6.45, 7) is 16.8. The maximum atomic E-state index is 12.2. The molecular formula is C44H70O4. The maximum absolute atomic E-state index is 12.2. The van der Waals surface area contributed by atoms with Crippen LogP contribution in [0, 0.1) is 80.8 Å². The summed E-state index contributed by atoms with van der Waals surface area (Å²) in [4.78, 5) is 24.4. The van der Waals surface area contributed by atoms with E-state index in [2.05, 4.69) is 27.7 Å². The molecule has 1 aliphatic heterocycles. The first-order valence-corrected chi connectivity index (χ1v) is 20.9. The van der Waals surface area contributed by atoms with E-state index in [4.69, 9.17) is 4.74 Å². The third kappa shape index (κ3) is 5.07. The van der Waals surface area contributed by atoms with E-state index in [1.54, 1.807) is 0 Å². The number of hydrogen-bond donors (Lipinski definition) is 1. The standard InChI is InChI=1S/C22H34O2.C22H36O2/c1-14(23)17-6-7-18-16-5-4-15-12-22(13-24-22)11-10-20(15,2)19(16)8-9-21(17,18)3;1-14(23)17-7-8-18-16-6-5-15-13-20(2,24)11-12-21(15,3)19(16)9-10-22(17,18)4/h15-19H,4-13H2,1-3H3;15-19,24H,5-13H2,1-4H3/t15?,16-,17+,18-,19?,20-,21+,22+;15?,16-,17+,18-,19?,20+,21-,22+/m00/s1. The molecule has 4 heteroatoms. The predicted molar refractivity (Wildman–Crippen MR) is 191 cm³/mol. The van der Waals surface area contributed by atoms with Crippen molar-refractivity contribution in [3.8, 4) is 0 Å². The zero-order valence-electron chi connectivity index (χ0n) is 31.9. The maximum Gasteiger partial charge on any atom is 0.133 e. The Balaban J connectivity index is 0.000000140. The lowest BCUT2D eigenvalue weighted by Gasteiger charge is -2.61. The number of rotatable bonds is 2. The third-order valence-electron chi connectivity index (χ3n) is 19.3. The Morgan fingerprint density at radius 1 is 0.521 bits per heavy atom. The molecule has 0 aromatic rings. The monoisotopic (exact) mass is 663 g/mol. The Kier molecular flexibility index (Phi) is 8.14. The average Bonchev–Trinajstić information content (AvgIpc) is 3.52. The molecule has 1 heterocycles. The van der Waals surface area contributed by atoms with Crippen LogP contribution in [0.15, 0.2) is 0 Å². The lowest BCUT2D eigenvalue weighted by atomic mass is 9.44. The zero-order chi connectivity index (χ0) is 34.1. The van der Waals surface area contributed by atoms with Crippen LogP contribution in [0.1, 0.15) is 164 Å². The molecule has 0 radical (unpaired) electrons. The molecule has 9 fully saturated rings. The Bertz CT molecular complexity index is 1210. The Labute approximate surface area is 293 Å². The van der Waals surface area contributed by atoms with Crippen LogP contribution < -0.4 is 0 Å². The summed E-state index contributed by atoms with van der Waals surface area (Å²) in [6, 6.07) is 0. The van der Waals surface area contributed by atoms with Gasteiger partial charge in [0, 0.05) is 11.8 Å². The summed E-state index contributed by atoms with van der Waals surface area (Å²) in [5.41, 5.74) is 1.44. The van der Waals surface area contributed by atoms with Crippen LogP contribution in [0.25, 0.3) is 0 Å². The molecule has 1 spiro atoms. The second-order valence-electron chi connectivity index (χ2n) is 21.3. The zero-order valence-corrected chi connectivity index (χ0v) is 31.9. The van der Waals surface area contributed by atoms with Crippen molar-refractivity contribution >= 4 is 11.6 Å². The smallest absolute Gasteiger partial charge is 0.133 e. The molecule has 270 valence electrons. The topological polar surface area (TPSA) is 66.9 Å². The van der Waals surface area contributed by atoms with E-state index >= 15 is 0 Å². The Morgan fingerprint density at radius 3 is 1.42 bits per heavy atom. The minimum absolute atomic E-state index is 0.274. The van der Waals surface area contributed by atoms with Crippen molar-refractivity contribution in [3.05, 3.63) is 0 Å². The number of carbonyl (C=O) groups is 2. The molecule has 1 saturated heterocycles. The number of aliphatic hydroxyl groups is 1. The highest BCUT2D eigenvalue weighted by Crippen LogP contribution is 2.70. The fourth-order valence-corrected chi connectivity index (χ4v) is 16.4. The van der Waals surface area contributed by atoms with E-state index in [0.717, 1.165) is 73.7 Å². The number of ether oxygens (including phenoxy) is 1. The first kappa shape index (κ1) is 34.4. The van der Waals surface area contributed by atoms with Gasteiger partial charge < -0.3 is 9.84 Å². The first-order valence-electron chi connectivity index (χ1n) is 20.9. The number of hydrogen-bond acceptors (Lipinski definition) is 4. The second-order valence-corrected chi connectivity index (χ2v) is 21.3. The lowest BCUT2D eigenvalue weighted by Crippen LogP contribution is -2.55. The van der Waals surface area contributed by atoms with Crippen LogP contribution >= 0.6 is 0 Å². The Morgan fingerprint density at radius 2 is 0.958 bits per heavy atom. The fraction of sp³-hybridized carbons (Fsp3) is 0.955. The van der Waals surface area contributed by atoms with E-state index in [9.17, 15) is 14.7 Å². The average molecular weight is 663 g/mol. The number of fused-ring (bicyclic) bond motifs is 10. The second kappa shape index (κ2) is 11.4. The summed E-state index contributed by atoms with van der Waals surface area (Å²) < 4.78 is 5.86. The van der Waals surface area contributed by atoms with Crippen LogP contribution in [-0.2, 0) is 14.3 Å². The molecule has 8 aliphatic carbocycles. The van der Waals surface area contributed by atoms with Gasteiger partial charge in [-0.15, -0.1) is 0 Å². The molecule has 8 saturated carbocycles. The molecule has 4 unspecified atom stereocenters. The van der Waals surface area contributed by atoms with E-state index in [-0.39, 0.29) is 5.41 Å². The van der Waals surface area contributed by atoms with Gasteiger partial charge in [0.2, 0.25) is 0 Å². The van der Waals surface area contributed by atoms with Crippen molar-refractivity contribution in [1.82, 2.24) is 0 Å².